The predicted molar refractivity (Wildman–Crippen MR) is 155 cm³/mol. The van der Waals surface area contributed by atoms with Crippen molar-refractivity contribution in [2.75, 3.05) is 36.4 Å². The number of hydrogen-bond donors (Lipinski definition) is 2. The van der Waals surface area contributed by atoms with Gasteiger partial charge in [0.25, 0.3) is 11.8 Å². The first-order valence-electron chi connectivity index (χ1n) is 12.5. The van der Waals surface area contributed by atoms with Gasteiger partial charge in [-0.2, -0.15) is 0 Å². The molecule has 0 radical (unpaired) electrons. The maximum Gasteiger partial charge on any atom is 0.257 e. The van der Waals surface area contributed by atoms with Gasteiger partial charge in [0.05, 0.1) is 0 Å². The van der Waals surface area contributed by atoms with Crippen molar-refractivity contribution in [1.82, 2.24) is 10.2 Å². The topological polar surface area (TPSA) is 64.7 Å². The van der Waals surface area contributed by atoms with E-state index in [2.05, 4.69) is 36.3 Å². The molecule has 1 aliphatic heterocycles. The summed E-state index contributed by atoms with van der Waals surface area (Å²) in [5.41, 5.74) is 5.53. The first kappa shape index (κ1) is 26.4. The van der Waals surface area contributed by atoms with Crippen molar-refractivity contribution in [3.05, 3.63) is 95.1 Å². The number of nitrogens with one attached hydrogen (secondary N) is 2. The van der Waals surface area contributed by atoms with Crippen LogP contribution in [0.1, 0.15) is 52.6 Å². The fraction of sp³-hybridized carbons (Fsp3) is 0.300. The van der Waals surface area contributed by atoms with Crippen LogP contribution in [0.15, 0.2) is 72.8 Å². The second-order valence-electron chi connectivity index (χ2n) is 10.4. The summed E-state index contributed by atoms with van der Waals surface area (Å²) >= 11 is 5.35. The number of thiocarbonyl (C=S) groups is 1. The second kappa shape index (κ2) is 11.1. The van der Waals surface area contributed by atoms with E-state index < -0.39 is 0 Å². The molecule has 0 aromatic heterocycles. The second-order valence-corrected chi connectivity index (χ2v) is 10.8. The van der Waals surface area contributed by atoms with Gasteiger partial charge in [0.2, 0.25) is 0 Å². The summed E-state index contributed by atoms with van der Waals surface area (Å²) in [6, 6.07) is 23.3. The molecule has 0 unspecified atom stereocenters. The highest BCUT2D eigenvalue weighted by atomic mass is 32.1. The van der Waals surface area contributed by atoms with E-state index in [9.17, 15) is 9.59 Å². The Labute approximate surface area is 224 Å². The Morgan fingerprint density at radius 2 is 1.35 bits per heavy atom. The minimum atomic E-state index is -0.243. The first-order chi connectivity index (χ1) is 17.6. The number of hydrogen-bond acceptors (Lipinski definition) is 4. The molecule has 37 heavy (non-hydrogen) atoms. The van der Waals surface area contributed by atoms with Gasteiger partial charge in [0.15, 0.2) is 5.11 Å². The van der Waals surface area contributed by atoms with E-state index in [1.165, 1.54) is 5.56 Å². The van der Waals surface area contributed by atoms with Crippen LogP contribution in [0, 0.1) is 6.92 Å². The van der Waals surface area contributed by atoms with Crippen LogP contribution in [0.5, 0.6) is 0 Å². The molecule has 0 bridgehead atoms. The third-order valence-electron chi connectivity index (χ3n) is 6.60. The molecule has 2 N–H and O–H groups in total. The number of carbonyl (C=O) groups excluding carboxylic acids is 2. The number of aryl methyl sites for hydroxylation is 1. The zero-order chi connectivity index (χ0) is 26.6. The summed E-state index contributed by atoms with van der Waals surface area (Å²) in [5.74, 6) is -0.160. The normalized spacial score (nSPS) is 13.7. The van der Waals surface area contributed by atoms with Gasteiger partial charge in [0.1, 0.15) is 0 Å². The van der Waals surface area contributed by atoms with E-state index in [0.29, 0.717) is 18.7 Å². The predicted octanol–water partition coefficient (Wildman–Crippen LogP) is 5.38. The molecule has 1 heterocycles. The Morgan fingerprint density at radius 1 is 0.784 bits per heavy atom. The SMILES string of the molecule is Cc1ccc(C(=O)N2CCN(c3ccc(NC(=S)NC(=O)c4ccc(C(C)(C)C)cc4)cc3)CC2)cc1. The average Bonchev–Trinajstić information content (AvgIpc) is 2.89. The third kappa shape index (κ3) is 6.74. The van der Waals surface area contributed by atoms with E-state index in [1.54, 1.807) is 0 Å². The fourth-order valence-corrected chi connectivity index (χ4v) is 4.47. The van der Waals surface area contributed by atoms with Crippen molar-refractivity contribution in [2.24, 2.45) is 0 Å². The molecule has 2 amide bonds. The molecule has 0 atom stereocenters. The van der Waals surface area contributed by atoms with Crippen molar-refractivity contribution >= 4 is 40.5 Å². The summed E-state index contributed by atoms with van der Waals surface area (Å²) < 4.78 is 0. The van der Waals surface area contributed by atoms with Crippen LogP contribution in [0.2, 0.25) is 0 Å². The summed E-state index contributed by atoms with van der Waals surface area (Å²) in [7, 11) is 0. The number of carbonyl (C=O) groups is 2. The maximum atomic E-state index is 12.8. The lowest BCUT2D eigenvalue weighted by molar-refractivity contribution is 0.0746. The lowest BCUT2D eigenvalue weighted by Crippen LogP contribution is -2.48. The van der Waals surface area contributed by atoms with E-state index >= 15 is 0 Å². The Hall–Kier alpha value is -3.71. The number of benzene rings is 3. The quantitative estimate of drug-likeness (QED) is 0.458. The van der Waals surface area contributed by atoms with Gasteiger partial charge >= 0.3 is 0 Å². The van der Waals surface area contributed by atoms with Crippen LogP contribution in [-0.2, 0) is 5.41 Å². The zero-order valence-electron chi connectivity index (χ0n) is 21.9. The van der Waals surface area contributed by atoms with Crippen LogP contribution in [-0.4, -0.2) is 48.0 Å². The molecule has 6 nitrogen and oxygen atoms in total. The van der Waals surface area contributed by atoms with Crippen molar-refractivity contribution in [2.45, 2.75) is 33.1 Å². The van der Waals surface area contributed by atoms with Crippen molar-refractivity contribution in [1.29, 1.82) is 0 Å². The van der Waals surface area contributed by atoms with Gasteiger partial charge in [-0.1, -0.05) is 50.6 Å². The Morgan fingerprint density at radius 3 is 1.92 bits per heavy atom. The molecule has 0 aliphatic carbocycles. The Kier molecular flexibility index (Phi) is 7.93. The van der Waals surface area contributed by atoms with E-state index in [4.69, 9.17) is 12.2 Å². The van der Waals surface area contributed by atoms with Gasteiger partial charge in [-0.05, 0) is 78.7 Å². The smallest absolute Gasteiger partial charge is 0.257 e. The molecule has 3 aromatic carbocycles. The largest absolute Gasteiger partial charge is 0.368 e. The molecular formula is C30H34N4O2S. The van der Waals surface area contributed by atoms with Gasteiger partial charge in [-0.25, -0.2) is 0 Å². The molecule has 1 fully saturated rings. The van der Waals surface area contributed by atoms with Crippen LogP contribution >= 0.6 is 12.2 Å². The third-order valence-corrected chi connectivity index (χ3v) is 6.80. The molecule has 0 saturated carbocycles. The van der Waals surface area contributed by atoms with Crippen LogP contribution < -0.4 is 15.5 Å². The van der Waals surface area contributed by atoms with E-state index in [0.717, 1.165) is 35.6 Å². The summed E-state index contributed by atoms with van der Waals surface area (Å²) in [6.45, 7) is 11.3. The van der Waals surface area contributed by atoms with Gasteiger partial charge in [-0.15, -0.1) is 0 Å². The maximum absolute atomic E-state index is 12.8. The van der Waals surface area contributed by atoms with Crippen LogP contribution in [0.4, 0.5) is 11.4 Å². The number of nitrogens with zero attached hydrogens (tertiary/aromatic N) is 2. The number of piperazine rings is 1. The molecule has 4 rings (SSSR count). The minimum Gasteiger partial charge on any atom is -0.368 e. The first-order valence-corrected chi connectivity index (χ1v) is 12.9. The number of rotatable bonds is 4. The van der Waals surface area contributed by atoms with E-state index in [1.807, 2.05) is 84.6 Å². The van der Waals surface area contributed by atoms with Crippen molar-refractivity contribution in [3.8, 4) is 0 Å². The van der Waals surface area contributed by atoms with Gasteiger partial charge in [-0.3, -0.25) is 14.9 Å². The lowest BCUT2D eigenvalue weighted by Gasteiger charge is -2.36. The molecule has 0 spiro atoms. The monoisotopic (exact) mass is 514 g/mol. The molecular weight excluding hydrogens is 480 g/mol. The Balaban J connectivity index is 1.27. The van der Waals surface area contributed by atoms with E-state index in [-0.39, 0.29) is 22.3 Å². The highest BCUT2D eigenvalue weighted by Gasteiger charge is 2.22. The Bertz CT molecular complexity index is 1250. The summed E-state index contributed by atoms with van der Waals surface area (Å²) in [6.07, 6.45) is 0. The van der Waals surface area contributed by atoms with Crippen molar-refractivity contribution < 1.29 is 9.59 Å². The fourth-order valence-electron chi connectivity index (χ4n) is 4.26. The lowest BCUT2D eigenvalue weighted by atomic mass is 9.87. The van der Waals surface area contributed by atoms with Crippen LogP contribution in [0.3, 0.4) is 0 Å². The standard InChI is InChI=1S/C30H34N4O2S/c1-21-5-7-23(8-6-21)28(36)34-19-17-33(18-20-34)26-15-13-25(14-16-26)31-29(37)32-27(35)22-9-11-24(12-10-22)30(2,3)4/h5-16H,17-20H2,1-4H3,(H2,31,32,35,37). The molecule has 192 valence electrons. The number of anilines is 2. The highest BCUT2D eigenvalue weighted by Crippen LogP contribution is 2.23. The highest BCUT2D eigenvalue weighted by molar-refractivity contribution is 7.80. The minimum absolute atomic E-state index is 0.0322. The molecule has 3 aromatic rings. The van der Waals surface area contributed by atoms with Gasteiger partial charge < -0.3 is 15.1 Å². The molecule has 7 heteroatoms. The number of amides is 2. The summed E-state index contributed by atoms with van der Waals surface area (Å²) in [4.78, 5) is 29.5. The van der Waals surface area contributed by atoms with Crippen molar-refractivity contribution in [3.63, 3.8) is 0 Å². The zero-order valence-corrected chi connectivity index (χ0v) is 22.7. The van der Waals surface area contributed by atoms with Crippen LogP contribution in [0.25, 0.3) is 0 Å². The average molecular weight is 515 g/mol. The summed E-state index contributed by atoms with van der Waals surface area (Å²) in [5, 5.41) is 6.08. The molecule has 1 aliphatic rings. The molecule has 1 saturated heterocycles. The van der Waals surface area contributed by atoms with Gasteiger partial charge in [0, 0.05) is 48.7 Å².